The molecule has 2 fully saturated rings. The van der Waals surface area contributed by atoms with Crippen LogP contribution in [0, 0.1) is 0 Å². The van der Waals surface area contributed by atoms with Gasteiger partial charge in [-0.25, -0.2) is 0 Å². The summed E-state index contributed by atoms with van der Waals surface area (Å²) >= 11 is 0. The van der Waals surface area contributed by atoms with Crippen molar-refractivity contribution >= 4 is 5.91 Å². The van der Waals surface area contributed by atoms with Gasteiger partial charge in [0.25, 0.3) is 0 Å². The van der Waals surface area contributed by atoms with Crippen molar-refractivity contribution in [2.75, 3.05) is 19.8 Å². The SMILES string of the molecule is CC/C=C\C/C=C\C/C=C\C/C=C\C/C=C\CCCCCCCCCCCCCCCCCCCCCCCCCC(=O)NC(COC1OC(CO)C(OC2OC(CO)C(O)C(O)C2O)C(O)C1O)C(O)CCCCCCCCCCCCCCCCCCCCCCCCC. The number of carbonyl (C=O) groups is 1. The Morgan fingerprint density at radius 1 is 0.385 bits per heavy atom. The summed E-state index contributed by atoms with van der Waals surface area (Å²) in [5.41, 5.74) is 0. The zero-order chi connectivity index (χ0) is 69.4. The largest absolute Gasteiger partial charge is 0.394 e. The molecule has 14 nitrogen and oxygen atoms in total. The van der Waals surface area contributed by atoms with Gasteiger partial charge in [-0.05, 0) is 57.8 Å². The van der Waals surface area contributed by atoms with E-state index in [4.69, 9.17) is 18.9 Å². The predicted molar refractivity (Wildman–Crippen MR) is 397 cm³/mol. The molecule has 12 atom stereocenters. The minimum absolute atomic E-state index is 0.199. The van der Waals surface area contributed by atoms with Crippen LogP contribution in [-0.2, 0) is 23.7 Å². The first-order valence-electron chi connectivity index (χ1n) is 40.5. The molecule has 0 spiro atoms. The summed E-state index contributed by atoms with van der Waals surface area (Å²) in [6.07, 6.45) is 72.7. The first-order valence-corrected chi connectivity index (χ1v) is 40.5. The number of hydrogen-bond acceptors (Lipinski definition) is 13. The van der Waals surface area contributed by atoms with Crippen LogP contribution in [0.3, 0.4) is 0 Å². The average Bonchev–Trinajstić information content (AvgIpc) is 0.806. The second-order valence-electron chi connectivity index (χ2n) is 28.5. The summed E-state index contributed by atoms with van der Waals surface area (Å²) in [4.78, 5) is 13.4. The van der Waals surface area contributed by atoms with Crippen LogP contribution in [0.5, 0.6) is 0 Å². The van der Waals surface area contributed by atoms with E-state index in [0.29, 0.717) is 12.8 Å². The van der Waals surface area contributed by atoms with Crippen molar-refractivity contribution in [1.29, 1.82) is 0 Å². The van der Waals surface area contributed by atoms with Gasteiger partial charge in [-0.15, -0.1) is 0 Å². The number of amides is 1. The van der Waals surface area contributed by atoms with Crippen LogP contribution >= 0.6 is 0 Å². The number of unbranched alkanes of at least 4 members (excludes halogenated alkanes) is 45. The zero-order valence-corrected chi connectivity index (χ0v) is 61.6. The fourth-order valence-corrected chi connectivity index (χ4v) is 13.4. The molecule has 12 unspecified atom stereocenters. The number of nitrogens with one attached hydrogen (secondary N) is 1. The van der Waals surface area contributed by atoms with E-state index in [1.165, 1.54) is 250 Å². The highest BCUT2D eigenvalue weighted by Crippen LogP contribution is 2.30. The van der Waals surface area contributed by atoms with Crippen molar-refractivity contribution in [3.8, 4) is 0 Å². The highest BCUT2D eigenvalue weighted by Gasteiger charge is 2.51. The van der Waals surface area contributed by atoms with E-state index in [1.807, 2.05) is 0 Å². The molecule has 0 radical (unpaired) electrons. The van der Waals surface area contributed by atoms with Crippen molar-refractivity contribution in [1.82, 2.24) is 5.32 Å². The summed E-state index contributed by atoms with van der Waals surface area (Å²) in [5.74, 6) is -0.199. The van der Waals surface area contributed by atoms with Gasteiger partial charge in [-0.3, -0.25) is 4.79 Å². The van der Waals surface area contributed by atoms with Crippen molar-refractivity contribution < 1.29 is 64.6 Å². The van der Waals surface area contributed by atoms with Crippen molar-refractivity contribution in [2.45, 2.75) is 434 Å². The lowest BCUT2D eigenvalue weighted by molar-refractivity contribution is -0.359. The van der Waals surface area contributed by atoms with Crippen molar-refractivity contribution in [2.24, 2.45) is 0 Å². The molecule has 1 amide bonds. The van der Waals surface area contributed by atoms with Crippen LogP contribution in [0.25, 0.3) is 0 Å². The third-order valence-electron chi connectivity index (χ3n) is 19.7. The Hall–Kier alpha value is -2.31. The Morgan fingerprint density at radius 3 is 1.10 bits per heavy atom. The predicted octanol–water partition coefficient (Wildman–Crippen LogP) is 18.4. The summed E-state index contributed by atoms with van der Waals surface area (Å²) in [7, 11) is 0. The average molecular weight is 1360 g/mol. The fraction of sp³-hybridized carbons (Fsp3) is 0.866. The van der Waals surface area contributed by atoms with Crippen LogP contribution in [0.15, 0.2) is 60.8 Å². The molecule has 9 N–H and O–H groups in total. The molecule has 0 aromatic rings. The van der Waals surface area contributed by atoms with E-state index >= 15 is 0 Å². The van der Waals surface area contributed by atoms with E-state index < -0.39 is 86.8 Å². The zero-order valence-electron chi connectivity index (χ0n) is 61.6. The molecule has 2 saturated heterocycles. The third-order valence-corrected chi connectivity index (χ3v) is 19.7. The maximum absolute atomic E-state index is 13.4. The van der Waals surface area contributed by atoms with Gasteiger partial charge in [-0.1, -0.05) is 357 Å². The van der Waals surface area contributed by atoms with E-state index in [9.17, 15) is 45.6 Å². The van der Waals surface area contributed by atoms with Gasteiger partial charge in [-0.2, -0.15) is 0 Å². The maximum Gasteiger partial charge on any atom is 0.220 e. The van der Waals surface area contributed by atoms with Crippen molar-refractivity contribution in [3.63, 3.8) is 0 Å². The lowest BCUT2D eigenvalue weighted by atomic mass is 9.97. The molecule has 0 aromatic heterocycles. The Morgan fingerprint density at radius 2 is 0.719 bits per heavy atom. The number of carbonyl (C=O) groups excluding carboxylic acids is 1. The molecule has 562 valence electrons. The number of hydrogen-bond donors (Lipinski definition) is 9. The van der Waals surface area contributed by atoms with Gasteiger partial charge in [0.2, 0.25) is 5.91 Å². The summed E-state index contributed by atoms with van der Waals surface area (Å²) in [5, 5.41) is 87.8. The molecule has 14 heteroatoms. The van der Waals surface area contributed by atoms with E-state index in [0.717, 1.165) is 83.5 Å². The number of allylic oxidation sites excluding steroid dienone is 10. The van der Waals surface area contributed by atoms with Gasteiger partial charge >= 0.3 is 0 Å². The van der Waals surface area contributed by atoms with Gasteiger partial charge in [0.1, 0.15) is 48.8 Å². The van der Waals surface area contributed by atoms with E-state index in [-0.39, 0.29) is 12.5 Å². The van der Waals surface area contributed by atoms with E-state index in [1.54, 1.807) is 0 Å². The minimum Gasteiger partial charge on any atom is -0.394 e. The van der Waals surface area contributed by atoms with Crippen LogP contribution in [0.4, 0.5) is 0 Å². The standard InChI is InChI=1S/C82H151NO13/c1-3-5-7-9-11-13-15-17-19-21-23-25-27-28-29-30-31-32-33-34-35-36-37-38-39-40-41-42-44-46-48-50-52-54-56-58-60-62-64-66-74(87)83-70(69-93-81-79(92)77(90)80(73(68-85)95-81)96-82-78(91)76(89)75(88)72(67-84)94-82)71(86)65-63-61-59-57-55-53-51-49-47-45-43-26-24-22-20-18-16-14-12-10-8-6-4-2/h5,7,11,13,17,19,23,25,28-29,70-73,75-82,84-86,88-92H,3-4,6,8-10,12,14-16,18,20-22,24,26-27,30-69H2,1-2H3,(H,83,87)/b7-5-,13-11-,19-17-,25-23-,29-28-. The van der Waals surface area contributed by atoms with Crippen LogP contribution < -0.4 is 5.32 Å². The molecular weight excluding hydrogens is 1210 g/mol. The van der Waals surface area contributed by atoms with Gasteiger partial charge < -0.3 is 65.1 Å². The van der Waals surface area contributed by atoms with Crippen LogP contribution in [0.1, 0.15) is 361 Å². The number of aliphatic hydroxyl groups excluding tert-OH is 8. The van der Waals surface area contributed by atoms with Crippen molar-refractivity contribution in [3.05, 3.63) is 60.8 Å². The lowest BCUT2D eigenvalue weighted by Gasteiger charge is -2.46. The van der Waals surface area contributed by atoms with Crippen LogP contribution in [0.2, 0.25) is 0 Å². The molecule has 2 aliphatic rings. The summed E-state index contributed by atoms with van der Waals surface area (Å²) < 4.78 is 23.0. The molecule has 0 aromatic carbocycles. The fourth-order valence-electron chi connectivity index (χ4n) is 13.4. The van der Waals surface area contributed by atoms with Gasteiger partial charge in [0, 0.05) is 6.42 Å². The monoisotopic (exact) mass is 1360 g/mol. The molecule has 0 bridgehead atoms. The second kappa shape index (κ2) is 66.0. The maximum atomic E-state index is 13.4. The lowest BCUT2D eigenvalue weighted by Crippen LogP contribution is -2.65. The number of rotatable bonds is 68. The third kappa shape index (κ3) is 48.5. The highest BCUT2D eigenvalue weighted by molar-refractivity contribution is 5.76. The molecule has 96 heavy (non-hydrogen) atoms. The summed E-state index contributed by atoms with van der Waals surface area (Å²) in [6.45, 7) is 2.81. The van der Waals surface area contributed by atoms with Gasteiger partial charge in [0.15, 0.2) is 12.6 Å². The number of aliphatic hydroxyl groups is 8. The van der Waals surface area contributed by atoms with E-state index in [2.05, 4.69) is 79.9 Å². The Bertz CT molecular complexity index is 1840. The Balaban J connectivity index is 1.57. The number of ether oxygens (including phenoxy) is 4. The second-order valence-corrected chi connectivity index (χ2v) is 28.5. The first-order chi connectivity index (χ1) is 47.1. The first kappa shape index (κ1) is 89.8. The smallest absolute Gasteiger partial charge is 0.220 e. The molecule has 2 rings (SSSR count). The minimum atomic E-state index is -1.78. The highest BCUT2D eigenvalue weighted by atomic mass is 16.7. The molecule has 0 aliphatic carbocycles. The van der Waals surface area contributed by atoms with Crippen LogP contribution in [-0.4, -0.2) is 140 Å². The molecule has 0 saturated carbocycles. The Kier molecular flexibility index (Phi) is 61.7. The molecular formula is C82H151NO13. The molecule has 2 heterocycles. The summed E-state index contributed by atoms with van der Waals surface area (Å²) in [6, 6.07) is -0.830. The topological polar surface area (TPSA) is 228 Å². The Labute approximate surface area is 587 Å². The quantitative estimate of drug-likeness (QED) is 0.0204. The molecule has 2 aliphatic heterocycles. The van der Waals surface area contributed by atoms with Gasteiger partial charge in [0.05, 0.1) is 32.0 Å². The normalized spacial score (nSPS) is 22.5.